The first-order valence-electron chi connectivity index (χ1n) is 7.06. The zero-order valence-electron chi connectivity index (χ0n) is 11.8. The Balaban J connectivity index is 2.15. The third-order valence-electron chi connectivity index (χ3n) is 4.09. The molecular formula is C14H22N4O2. The van der Waals surface area contributed by atoms with Gasteiger partial charge in [0.15, 0.2) is 0 Å². The third kappa shape index (κ3) is 3.26. The second-order valence-electron chi connectivity index (χ2n) is 5.42. The number of anilines is 1. The smallest absolute Gasteiger partial charge is 0.293 e. The quantitative estimate of drug-likeness (QED) is 0.491. The maximum atomic E-state index is 11.0. The van der Waals surface area contributed by atoms with Gasteiger partial charge in [-0.05, 0) is 25.5 Å². The predicted octanol–water partition coefficient (Wildman–Crippen LogP) is 2.64. The molecule has 0 bridgehead atoms. The van der Waals surface area contributed by atoms with Crippen LogP contribution in [0.25, 0.3) is 0 Å². The van der Waals surface area contributed by atoms with E-state index in [0.29, 0.717) is 18.3 Å². The standard InChI is InChI=1S/C14H22N4O2/c1-17(12-7-3-2-4-8-12)10-11-6-5-9-13(18(19)20)14(11)16-15/h5-6,9,12,16H,2-4,7-8,10,15H2,1H3. The molecule has 20 heavy (non-hydrogen) atoms. The van der Waals surface area contributed by atoms with Gasteiger partial charge in [0, 0.05) is 18.7 Å². The highest BCUT2D eigenvalue weighted by atomic mass is 16.6. The molecule has 1 saturated carbocycles. The number of hydrogen-bond acceptors (Lipinski definition) is 5. The van der Waals surface area contributed by atoms with E-state index in [2.05, 4.69) is 17.4 Å². The van der Waals surface area contributed by atoms with E-state index >= 15 is 0 Å². The summed E-state index contributed by atoms with van der Waals surface area (Å²) in [5.41, 5.74) is 3.80. The molecule has 0 atom stereocenters. The molecular weight excluding hydrogens is 256 g/mol. The van der Waals surface area contributed by atoms with Crippen molar-refractivity contribution >= 4 is 11.4 Å². The summed E-state index contributed by atoms with van der Waals surface area (Å²) >= 11 is 0. The van der Waals surface area contributed by atoms with Gasteiger partial charge in [0.05, 0.1) is 4.92 Å². The second-order valence-corrected chi connectivity index (χ2v) is 5.42. The number of nitrogens with one attached hydrogen (secondary N) is 1. The van der Waals surface area contributed by atoms with Crippen LogP contribution in [0.4, 0.5) is 11.4 Å². The van der Waals surface area contributed by atoms with Crippen molar-refractivity contribution in [3.8, 4) is 0 Å². The minimum atomic E-state index is -0.403. The first kappa shape index (κ1) is 14.7. The minimum Gasteiger partial charge on any atom is -0.318 e. The molecule has 1 aliphatic carbocycles. The number of nitrogens with zero attached hydrogens (tertiary/aromatic N) is 2. The zero-order valence-corrected chi connectivity index (χ0v) is 11.8. The summed E-state index contributed by atoms with van der Waals surface area (Å²) < 4.78 is 0. The largest absolute Gasteiger partial charge is 0.318 e. The van der Waals surface area contributed by atoms with Crippen molar-refractivity contribution in [1.82, 2.24) is 4.90 Å². The van der Waals surface area contributed by atoms with Gasteiger partial charge in [-0.25, -0.2) is 0 Å². The number of nitrogens with two attached hydrogens (primary N) is 1. The Morgan fingerprint density at radius 2 is 2.10 bits per heavy atom. The van der Waals surface area contributed by atoms with Gasteiger partial charge < -0.3 is 5.43 Å². The summed E-state index contributed by atoms with van der Waals surface area (Å²) in [5.74, 6) is 5.47. The molecule has 3 N–H and O–H groups in total. The van der Waals surface area contributed by atoms with E-state index < -0.39 is 4.92 Å². The number of hydrogen-bond donors (Lipinski definition) is 2. The van der Waals surface area contributed by atoms with Gasteiger partial charge in [0.1, 0.15) is 5.69 Å². The number of nitro benzene ring substituents is 1. The highest BCUT2D eigenvalue weighted by Crippen LogP contribution is 2.30. The van der Waals surface area contributed by atoms with Gasteiger partial charge in [-0.2, -0.15) is 0 Å². The molecule has 0 heterocycles. The number of nitrogen functional groups attached to an aromatic ring is 1. The summed E-state index contributed by atoms with van der Waals surface area (Å²) in [6.07, 6.45) is 6.27. The van der Waals surface area contributed by atoms with Gasteiger partial charge in [-0.3, -0.25) is 20.9 Å². The van der Waals surface area contributed by atoms with Crippen molar-refractivity contribution in [1.29, 1.82) is 0 Å². The Kier molecular flexibility index (Phi) is 4.92. The molecule has 6 heteroatoms. The number of benzene rings is 1. The van der Waals surface area contributed by atoms with E-state index in [1.165, 1.54) is 38.2 Å². The van der Waals surface area contributed by atoms with Crippen LogP contribution in [0.1, 0.15) is 37.7 Å². The van der Waals surface area contributed by atoms with Crippen LogP contribution in [-0.2, 0) is 6.54 Å². The highest BCUT2D eigenvalue weighted by molar-refractivity contribution is 5.65. The molecule has 1 fully saturated rings. The lowest BCUT2D eigenvalue weighted by Gasteiger charge is -2.31. The molecule has 1 aromatic carbocycles. The molecule has 1 aliphatic rings. The lowest BCUT2D eigenvalue weighted by molar-refractivity contribution is -0.384. The fourth-order valence-electron chi connectivity index (χ4n) is 2.96. The van der Waals surface area contributed by atoms with Gasteiger partial charge >= 0.3 is 0 Å². The van der Waals surface area contributed by atoms with Crippen LogP contribution in [0, 0.1) is 10.1 Å². The van der Waals surface area contributed by atoms with Crippen LogP contribution in [0.15, 0.2) is 18.2 Å². The van der Waals surface area contributed by atoms with Crippen molar-refractivity contribution in [2.75, 3.05) is 12.5 Å². The fraction of sp³-hybridized carbons (Fsp3) is 0.571. The second kappa shape index (κ2) is 6.67. The predicted molar refractivity (Wildman–Crippen MR) is 79.2 cm³/mol. The molecule has 0 amide bonds. The molecule has 1 aromatic rings. The van der Waals surface area contributed by atoms with E-state index in [9.17, 15) is 10.1 Å². The van der Waals surface area contributed by atoms with Gasteiger partial charge in [0.25, 0.3) is 5.69 Å². The van der Waals surface area contributed by atoms with Crippen LogP contribution in [-0.4, -0.2) is 22.9 Å². The average molecular weight is 278 g/mol. The molecule has 0 radical (unpaired) electrons. The summed E-state index contributed by atoms with van der Waals surface area (Å²) in [5, 5.41) is 11.0. The maximum Gasteiger partial charge on any atom is 0.293 e. The van der Waals surface area contributed by atoms with Crippen molar-refractivity contribution < 1.29 is 4.92 Å². The zero-order chi connectivity index (χ0) is 14.5. The Morgan fingerprint density at radius 1 is 1.40 bits per heavy atom. The topological polar surface area (TPSA) is 84.4 Å². The molecule has 0 unspecified atom stereocenters. The van der Waals surface area contributed by atoms with Gasteiger partial charge in [-0.1, -0.05) is 31.4 Å². The van der Waals surface area contributed by atoms with E-state index in [-0.39, 0.29) is 5.69 Å². The monoisotopic (exact) mass is 278 g/mol. The Labute approximate surface area is 119 Å². The molecule has 6 nitrogen and oxygen atoms in total. The normalized spacial score (nSPS) is 16.4. The van der Waals surface area contributed by atoms with E-state index in [1.807, 2.05) is 6.07 Å². The van der Waals surface area contributed by atoms with Crippen LogP contribution in [0.5, 0.6) is 0 Å². The van der Waals surface area contributed by atoms with Crippen LogP contribution < -0.4 is 11.3 Å². The van der Waals surface area contributed by atoms with Crippen molar-refractivity contribution in [2.24, 2.45) is 5.84 Å². The average Bonchev–Trinajstić information content (AvgIpc) is 2.47. The van der Waals surface area contributed by atoms with E-state index in [0.717, 1.165) is 5.56 Å². The molecule has 0 aliphatic heterocycles. The van der Waals surface area contributed by atoms with Crippen LogP contribution in [0.2, 0.25) is 0 Å². The van der Waals surface area contributed by atoms with Crippen molar-refractivity contribution in [3.63, 3.8) is 0 Å². The van der Waals surface area contributed by atoms with Crippen molar-refractivity contribution in [2.45, 2.75) is 44.7 Å². The fourth-order valence-corrected chi connectivity index (χ4v) is 2.96. The molecule has 2 rings (SSSR count). The first-order chi connectivity index (χ1) is 9.63. The Morgan fingerprint density at radius 3 is 2.70 bits per heavy atom. The van der Waals surface area contributed by atoms with Gasteiger partial charge in [0.2, 0.25) is 0 Å². The van der Waals surface area contributed by atoms with Crippen LogP contribution in [0.3, 0.4) is 0 Å². The lowest BCUT2D eigenvalue weighted by atomic mass is 9.94. The highest BCUT2D eigenvalue weighted by Gasteiger charge is 2.21. The molecule has 110 valence electrons. The Bertz CT molecular complexity index is 472. The van der Waals surface area contributed by atoms with E-state index in [4.69, 9.17) is 5.84 Å². The van der Waals surface area contributed by atoms with E-state index in [1.54, 1.807) is 6.07 Å². The summed E-state index contributed by atoms with van der Waals surface area (Å²) in [6, 6.07) is 5.64. The number of rotatable bonds is 5. The SMILES string of the molecule is CN(Cc1cccc([N+](=O)[O-])c1NN)C1CCCCC1. The molecule has 0 spiro atoms. The first-order valence-corrected chi connectivity index (χ1v) is 7.06. The van der Waals surface area contributed by atoms with Crippen LogP contribution >= 0.6 is 0 Å². The summed E-state index contributed by atoms with van der Waals surface area (Å²) in [7, 11) is 2.08. The number of hydrazine groups is 1. The minimum absolute atomic E-state index is 0.0297. The molecule has 0 aromatic heterocycles. The third-order valence-corrected chi connectivity index (χ3v) is 4.09. The van der Waals surface area contributed by atoms with Crippen molar-refractivity contribution in [3.05, 3.63) is 33.9 Å². The number of para-hydroxylation sites is 1. The molecule has 0 saturated heterocycles. The lowest BCUT2D eigenvalue weighted by Crippen LogP contribution is -2.33. The summed E-state index contributed by atoms with van der Waals surface area (Å²) in [6.45, 7) is 0.672. The maximum absolute atomic E-state index is 11.0. The van der Waals surface area contributed by atoms with Gasteiger partial charge in [-0.15, -0.1) is 0 Å². The Hall–Kier alpha value is -1.66. The number of nitro groups is 1. The summed E-state index contributed by atoms with van der Waals surface area (Å²) in [4.78, 5) is 12.9.